The molecule has 6 aromatic rings. The number of halogens is 2. The number of H-pyrrole nitrogens is 3. The van der Waals surface area contributed by atoms with Crippen LogP contribution in [0.15, 0.2) is 85.6 Å². The highest BCUT2D eigenvalue weighted by Gasteiger charge is 2.46. The van der Waals surface area contributed by atoms with E-state index < -0.39 is 241 Å². The number of benzene rings is 3. The van der Waals surface area contributed by atoms with Gasteiger partial charge in [0.1, 0.15) is 78.5 Å². The van der Waals surface area contributed by atoms with E-state index in [1.54, 1.807) is 74.8 Å². The Hall–Kier alpha value is -13.6. The topological polar surface area (TPSA) is 621 Å². The summed E-state index contributed by atoms with van der Waals surface area (Å²) in [7, 11) is 3.93. The number of aliphatic hydroxyl groups is 1. The highest BCUT2D eigenvalue weighted by Crippen LogP contribution is 2.34. The number of rotatable bonds is 24. The maximum Gasteiger partial charge on any atom is 0.250 e. The SMILES string of the molecule is CCCC[C@H]1C(=O)N(C)[C@@H](CCCC)C(=O)N[C@@H](CCCNC(=N)N)C(=O)N[C@H](C(=O)NCC(N)=O)CSCC(=O)N[C@H]2Cc3cc(F)c(F)cc3N(C2=O)[C@@H](C)C(=O)N[C@@H](CC(N)=O)C(=O)N2CCC[C@H]2C(=O)N[C@@H](Cc2cnc[nH]2)C(=O)N[C@@H](CC(C)C)C(=O)N(C)CC(=O)N[C@@H](Cc2c[nH]c3ccccc23)C(=O)N[C@@H](CO)C(=O)N[C@@H](Cc2c[nH]c3ccccc23)C(=O)N1C. The van der Waals surface area contributed by atoms with Crippen LogP contribution in [0.3, 0.4) is 0 Å². The molecule has 45 heteroatoms. The van der Waals surface area contributed by atoms with E-state index in [9.17, 15) is 62.6 Å². The zero-order valence-electron chi connectivity index (χ0n) is 75.4. The molecule has 2 bridgehead atoms. The Bertz CT molecular complexity index is 5250. The van der Waals surface area contributed by atoms with E-state index in [1.165, 1.54) is 33.7 Å². The minimum atomic E-state index is -1.89. The van der Waals surface area contributed by atoms with Gasteiger partial charge in [-0.3, -0.25) is 91.8 Å². The van der Waals surface area contributed by atoms with Gasteiger partial charge in [0, 0.05) is 118 Å². The monoisotopic (exact) mass is 1870 g/mol. The summed E-state index contributed by atoms with van der Waals surface area (Å²) < 4.78 is 30.7. The molecule has 3 aromatic carbocycles. The fraction of sp³-hybridized carbons (Fsp3) is 0.511. The van der Waals surface area contributed by atoms with Crippen molar-refractivity contribution < 1.29 is 95.4 Å². The summed E-state index contributed by atoms with van der Waals surface area (Å²) in [6.07, 6.45) is 4.99. The third-order valence-corrected chi connectivity index (χ3v) is 24.4. The lowest BCUT2D eigenvalue weighted by atomic mass is 9.95. The van der Waals surface area contributed by atoms with Crippen molar-refractivity contribution in [2.75, 3.05) is 70.3 Å². The van der Waals surface area contributed by atoms with Crippen molar-refractivity contribution in [1.82, 2.24) is 98.0 Å². The number of hydrogen-bond donors (Lipinski definition) is 19. The number of nitrogens with one attached hydrogen (secondary N) is 15. The quantitative estimate of drug-likeness (QED) is 0.0178. The van der Waals surface area contributed by atoms with Crippen LogP contribution in [0.25, 0.3) is 21.8 Å². The number of thioether (sulfide) groups is 1. The van der Waals surface area contributed by atoms with Gasteiger partial charge >= 0.3 is 0 Å². The van der Waals surface area contributed by atoms with Gasteiger partial charge in [-0.15, -0.1) is 11.8 Å². The number of aliphatic hydroxyl groups excluding tert-OH is 1. The van der Waals surface area contributed by atoms with Crippen molar-refractivity contribution in [3.8, 4) is 0 Å². The van der Waals surface area contributed by atoms with Crippen LogP contribution >= 0.6 is 11.8 Å². The summed E-state index contributed by atoms with van der Waals surface area (Å²) in [5.41, 5.74) is 18.9. The number of guanidine groups is 1. The first-order valence-electron chi connectivity index (χ1n) is 44.1. The molecule has 9 rings (SSSR count). The van der Waals surface area contributed by atoms with E-state index in [4.69, 9.17) is 22.6 Å². The molecule has 42 nitrogen and oxygen atoms in total. The number of para-hydroxylation sites is 2. The van der Waals surface area contributed by atoms with E-state index in [0.717, 1.165) is 37.5 Å². The molecule has 0 radical (unpaired) electrons. The van der Waals surface area contributed by atoms with Gasteiger partial charge in [-0.1, -0.05) is 89.8 Å². The number of unbranched alkanes of at least 4 members (excludes halogenated alkanes) is 2. The summed E-state index contributed by atoms with van der Waals surface area (Å²) >= 11 is 0.698. The van der Waals surface area contributed by atoms with E-state index in [-0.39, 0.29) is 94.5 Å². The lowest BCUT2D eigenvalue weighted by Gasteiger charge is -2.38. The summed E-state index contributed by atoms with van der Waals surface area (Å²) in [5.74, 6) is -21.5. The summed E-state index contributed by atoms with van der Waals surface area (Å²) in [5, 5.41) is 48.8. The van der Waals surface area contributed by atoms with E-state index in [0.29, 0.717) is 82.1 Å². The molecular weight excluding hydrogens is 1750 g/mol. The second kappa shape index (κ2) is 48.5. The van der Waals surface area contributed by atoms with E-state index >= 15 is 32.8 Å². The molecule has 2 fully saturated rings. The predicted octanol–water partition coefficient (Wildman–Crippen LogP) is -1.97. The summed E-state index contributed by atoms with van der Waals surface area (Å²) in [6, 6.07) is -5.39. The van der Waals surface area contributed by atoms with Crippen LogP contribution in [0.2, 0.25) is 0 Å². The molecule has 3 aliphatic heterocycles. The number of imidazole rings is 1. The number of anilines is 1. The third-order valence-electron chi connectivity index (χ3n) is 23.4. The first kappa shape index (κ1) is 103. The fourth-order valence-corrected chi connectivity index (χ4v) is 17.2. The predicted molar refractivity (Wildman–Crippen MR) is 484 cm³/mol. The number of nitrogens with zero attached hydrogens (tertiary/aromatic N) is 6. The fourth-order valence-electron chi connectivity index (χ4n) is 16.3. The number of carbonyl (C=O) groups is 17. The van der Waals surface area contributed by atoms with Gasteiger partial charge < -0.3 is 115 Å². The van der Waals surface area contributed by atoms with Crippen molar-refractivity contribution >= 4 is 146 Å². The Morgan fingerprint density at radius 2 is 1.17 bits per heavy atom. The zero-order chi connectivity index (χ0) is 97.2. The van der Waals surface area contributed by atoms with Crippen LogP contribution in [0.5, 0.6) is 0 Å². The Morgan fingerprint density at radius 3 is 1.77 bits per heavy atom. The minimum absolute atomic E-state index is 0.0151. The molecule has 3 aliphatic rings. The lowest BCUT2D eigenvalue weighted by molar-refractivity contribution is -0.149. The minimum Gasteiger partial charge on any atom is -0.394 e. The molecule has 13 atom stereocenters. The second-order valence-electron chi connectivity index (χ2n) is 33.8. The normalized spacial score (nSPS) is 23.7. The van der Waals surface area contributed by atoms with Crippen molar-refractivity contribution in [3.63, 3.8) is 0 Å². The number of carbonyl (C=O) groups excluding carboxylic acids is 17. The van der Waals surface area contributed by atoms with Crippen LogP contribution in [0.1, 0.15) is 134 Å². The van der Waals surface area contributed by atoms with Crippen LogP contribution < -0.4 is 80.6 Å². The smallest absolute Gasteiger partial charge is 0.250 e. The number of primary amides is 2. The highest BCUT2D eigenvalue weighted by molar-refractivity contribution is 8.00. The molecule has 0 aliphatic carbocycles. The van der Waals surface area contributed by atoms with Gasteiger partial charge in [-0.2, -0.15) is 0 Å². The molecular formula is C88H120F2N24O18S. The highest BCUT2D eigenvalue weighted by atomic mass is 32.2. The van der Waals surface area contributed by atoms with Crippen LogP contribution in [0, 0.1) is 23.0 Å². The number of aromatic nitrogens is 4. The molecule has 2 saturated heterocycles. The number of likely N-dealkylation sites (N-methyl/N-ethyl adjacent to an activating group) is 3. The average Bonchev–Trinajstić information content (AvgIpc) is 1.58. The molecule has 0 spiro atoms. The molecule has 133 heavy (non-hydrogen) atoms. The molecule has 0 unspecified atom stereocenters. The number of amides is 17. The Kier molecular flexibility index (Phi) is 37.6. The number of fused-ring (bicyclic) bond motifs is 7. The molecule has 22 N–H and O–H groups in total. The van der Waals surface area contributed by atoms with Crippen LogP contribution in [-0.2, 0) is 107 Å². The molecule has 0 saturated carbocycles. The van der Waals surface area contributed by atoms with E-state index in [2.05, 4.69) is 78.4 Å². The standard InChI is InChI=1S/C88H120F2N24O18S/c1-9-11-24-67-81(126)103-58(23-17-27-96-88(93)94)77(122)109-66(76(121)99-40-72(92)117)43-133-44-74(119)102-63-31-48-30-54(89)55(90)35-70(48)114(86(63)131)47(5)75(120)105-64(36-71(91)116)85(130)113-28-18-26-68(113)82(127)104-60(34-51-39-95-45-100-51)79(124)106-61(29-46(3)4)83(128)110(6)41-73(118)101-59(32-49-37-97-56-21-15-13-19-52(49)56)78(123)108-65(42-115)80(125)107-62(33-50-38-98-57-22-16-14-20-53(50)57)84(129)112(8)69(25-12-10-2)87(132)111(67)7/h13-16,19-22,30,35,37-39,45-47,58-69,97-98,115H,9-12,17-18,23-29,31-34,36,40-44H2,1-8H3,(H2,91,116)(H2,92,117)(H,95,100)(H,99,121)(H,101,118)(H,102,119)(H,103,126)(H,104,127)(H,105,120)(H,106,124)(H,107,125)(H,108,123)(H,109,122)(H4,93,94,96)/t47-,58-,59-,60-,61-,62-,63-,64-,65-,66-,67-,68-,69-/m0/s1. The average molecular weight is 1870 g/mol. The molecule has 3 aromatic heterocycles. The van der Waals surface area contributed by atoms with Crippen LogP contribution in [-0.4, -0.2) is 295 Å². The third kappa shape index (κ3) is 28.0. The largest absolute Gasteiger partial charge is 0.394 e. The molecule has 720 valence electrons. The first-order chi connectivity index (χ1) is 63.3. The lowest BCUT2D eigenvalue weighted by Crippen LogP contribution is -2.61. The van der Waals surface area contributed by atoms with Crippen molar-refractivity contribution in [1.29, 1.82) is 5.41 Å². The zero-order valence-corrected chi connectivity index (χ0v) is 76.2. The van der Waals surface area contributed by atoms with Gasteiger partial charge in [-0.05, 0) is 92.7 Å². The van der Waals surface area contributed by atoms with Gasteiger partial charge in [0.2, 0.25) is 94.5 Å². The molecule has 6 heterocycles. The summed E-state index contributed by atoms with van der Waals surface area (Å²) in [6.45, 7) is 5.47. The second-order valence-corrected chi connectivity index (χ2v) is 34.9. The van der Waals surface area contributed by atoms with Gasteiger partial charge in [0.15, 0.2) is 17.6 Å². The van der Waals surface area contributed by atoms with Crippen molar-refractivity contribution in [3.05, 3.63) is 120 Å². The van der Waals surface area contributed by atoms with Gasteiger partial charge in [0.05, 0.1) is 43.9 Å². The molecule has 17 amide bonds. The number of hydrogen-bond acceptors (Lipinski definition) is 21. The van der Waals surface area contributed by atoms with E-state index in [1.807, 2.05) is 13.8 Å². The number of nitrogens with two attached hydrogens (primary N) is 3. The summed E-state index contributed by atoms with van der Waals surface area (Å²) in [4.78, 5) is 267. The van der Waals surface area contributed by atoms with Gasteiger partial charge in [-0.25, -0.2) is 13.8 Å². The maximum absolute atomic E-state index is 15.7. The van der Waals surface area contributed by atoms with Crippen molar-refractivity contribution in [2.24, 2.45) is 23.1 Å². The Balaban J connectivity index is 1.09. The van der Waals surface area contributed by atoms with Gasteiger partial charge in [0.25, 0.3) is 5.91 Å². The van der Waals surface area contributed by atoms with Crippen LogP contribution in [0.4, 0.5) is 14.5 Å². The Morgan fingerprint density at radius 1 is 0.594 bits per heavy atom. The number of aromatic amines is 3. The first-order valence-corrected chi connectivity index (χ1v) is 45.3. The Labute approximate surface area is 769 Å². The maximum atomic E-state index is 15.7. The van der Waals surface area contributed by atoms with Crippen molar-refractivity contribution in [2.45, 2.75) is 216 Å².